The summed E-state index contributed by atoms with van der Waals surface area (Å²) in [7, 11) is 0. The van der Waals surface area contributed by atoms with Crippen molar-refractivity contribution in [2.75, 3.05) is 0 Å². The minimum Gasteiger partial charge on any atom is -0.454 e. The van der Waals surface area contributed by atoms with Crippen LogP contribution in [0, 0.1) is 0 Å². The van der Waals surface area contributed by atoms with E-state index in [0.29, 0.717) is 22.5 Å². The normalized spacial score (nSPS) is 11.2. The van der Waals surface area contributed by atoms with Crippen molar-refractivity contribution < 1.29 is 18.5 Å². The van der Waals surface area contributed by atoms with Crippen molar-refractivity contribution in [3.05, 3.63) is 71.4 Å². The largest absolute Gasteiger partial charge is 0.454 e. The van der Waals surface area contributed by atoms with E-state index in [1.165, 1.54) is 6.33 Å². The molecule has 5 aromatic rings. The lowest BCUT2D eigenvalue weighted by Crippen LogP contribution is -2.25. The zero-order valence-electron chi connectivity index (χ0n) is 15.4. The average molecular weight is 403 g/mol. The Labute approximate surface area is 167 Å². The number of fused-ring (bicyclic) bond motifs is 3. The SMILES string of the molecule is O=C(Cn1cnc2c(oc3ccccc32)c1=O)OCc1nc(-c2cccnc2)no1. The van der Waals surface area contributed by atoms with E-state index in [9.17, 15) is 9.59 Å². The molecule has 4 aromatic heterocycles. The van der Waals surface area contributed by atoms with Crippen molar-refractivity contribution >= 4 is 28.0 Å². The van der Waals surface area contributed by atoms with Crippen LogP contribution < -0.4 is 5.56 Å². The van der Waals surface area contributed by atoms with E-state index in [2.05, 4.69) is 20.1 Å². The van der Waals surface area contributed by atoms with Gasteiger partial charge in [-0.05, 0) is 24.3 Å². The summed E-state index contributed by atoms with van der Waals surface area (Å²) in [6.07, 6.45) is 4.52. The average Bonchev–Trinajstić information content (AvgIpc) is 3.40. The number of benzene rings is 1. The van der Waals surface area contributed by atoms with E-state index < -0.39 is 11.5 Å². The number of pyridine rings is 1. The molecule has 0 saturated carbocycles. The lowest BCUT2D eigenvalue weighted by atomic mass is 10.2. The molecule has 5 rings (SSSR count). The Balaban J connectivity index is 1.29. The Bertz CT molecular complexity index is 1420. The summed E-state index contributed by atoms with van der Waals surface area (Å²) in [5.74, 6) is -0.194. The zero-order chi connectivity index (χ0) is 20.5. The maximum Gasteiger partial charge on any atom is 0.326 e. The van der Waals surface area contributed by atoms with Gasteiger partial charge in [0.05, 0.1) is 6.33 Å². The zero-order valence-corrected chi connectivity index (χ0v) is 15.4. The second-order valence-corrected chi connectivity index (χ2v) is 6.37. The molecule has 0 unspecified atom stereocenters. The third-order valence-corrected chi connectivity index (χ3v) is 4.39. The number of carbonyl (C=O) groups excluding carboxylic acids is 1. The van der Waals surface area contributed by atoms with E-state index in [0.717, 1.165) is 9.95 Å². The number of hydrogen-bond donors (Lipinski definition) is 0. The lowest BCUT2D eigenvalue weighted by Gasteiger charge is -2.04. The van der Waals surface area contributed by atoms with Crippen molar-refractivity contribution in [2.45, 2.75) is 13.2 Å². The molecule has 0 aliphatic rings. The van der Waals surface area contributed by atoms with Crippen molar-refractivity contribution in [1.29, 1.82) is 0 Å². The highest BCUT2D eigenvalue weighted by molar-refractivity contribution is 6.01. The molecule has 0 bridgehead atoms. The van der Waals surface area contributed by atoms with E-state index in [1.54, 1.807) is 36.7 Å². The minimum atomic E-state index is -0.657. The maximum atomic E-state index is 12.6. The minimum absolute atomic E-state index is 0.0875. The number of rotatable bonds is 5. The highest BCUT2D eigenvalue weighted by Gasteiger charge is 2.16. The molecular weight excluding hydrogens is 390 g/mol. The molecule has 0 atom stereocenters. The number of ether oxygens (including phenoxy) is 1. The predicted molar refractivity (Wildman–Crippen MR) is 103 cm³/mol. The smallest absolute Gasteiger partial charge is 0.326 e. The second kappa shape index (κ2) is 7.24. The number of para-hydroxylation sites is 1. The van der Waals surface area contributed by atoms with Crippen LogP contribution in [-0.2, 0) is 22.7 Å². The Morgan fingerprint density at radius 2 is 2.07 bits per heavy atom. The number of hydrogen-bond acceptors (Lipinski definition) is 9. The fourth-order valence-corrected chi connectivity index (χ4v) is 2.98. The molecule has 0 amide bonds. The lowest BCUT2D eigenvalue weighted by molar-refractivity contribution is -0.146. The predicted octanol–water partition coefficient (Wildman–Crippen LogP) is 2.33. The van der Waals surface area contributed by atoms with Crippen LogP contribution in [-0.4, -0.2) is 30.6 Å². The first kappa shape index (κ1) is 17.7. The number of furan rings is 1. The quantitative estimate of drug-likeness (QED) is 0.406. The second-order valence-electron chi connectivity index (χ2n) is 6.37. The number of esters is 1. The molecule has 0 N–H and O–H groups in total. The van der Waals surface area contributed by atoms with Crippen LogP contribution in [0.2, 0.25) is 0 Å². The molecule has 148 valence electrons. The molecule has 10 heteroatoms. The molecule has 30 heavy (non-hydrogen) atoms. The van der Waals surface area contributed by atoms with E-state index in [4.69, 9.17) is 13.7 Å². The first-order valence-corrected chi connectivity index (χ1v) is 8.94. The molecule has 0 aliphatic heterocycles. The first-order valence-electron chi connectivity index (χ1n) is 8.94. The van der Waals surface area contributed by atoms with Crippen LogP contribution in [0.3, 0.4) is 0 Å². The summed E-state index contributed by atoms with van der Waals surface area (Å²) in [6, 6.07) is 10.7. The number of carbonyl (C=O) groups is 1. The van der Waals surface area contributed by atoms with Crippen LogP contribution in [0.5, 0.6) is 0 Å². The molecule has 0 radical (unpaired) electrons. The van der Waals surface area contributed by atoms with Crippen molar-refractivity contribution in [1.82, 2.24) is 24.7 Å². The van der Waals surface area contributed by atoms with Gasteiger partial charge in [0, 0.05) is 23.3 Å². The highest BCUT2D eigenvalue weighted by atomic mass is 16.6. The Kier molecular flexibility index (Phi) is 4.28. The maximum absolute atomic E-state index is 12.6. The van der Waals surface area contributed by atoms with Crippen molar-refractivity contribution in [2.24, 2.45) is 0 Å². The fourth-order valence-electron chi connectivity index (χ4n) is 2.98. The molecule has 10 nitrogen and oxygen atoms in total. The van der Waals surface area contributed by atoms with Crippen LogP contribution in [0.4, 0.5) is 0 Å². The molecule has 0 fully saturated rings. The molecule has 0 saturated heterocycles. The van der Waals surface area contributed by atoms with Crippen LogP contribution in [0.1, 0.15) is 5.89 Å². The number of nitrogens with zero attached hydrogens (tertiary/aromatic N) is 5. The summed E-state index contributed by atoms with van der Waals surface area (Å²) in [4.78, 5) is 37.2. The van der Waals surface area contributed by atoms with Crippen LogP contribution in [0.15, 0.2) is 68.9 Å². The van der Waals surface area contributed by atoms with Gasteiger partial charge in [0.2, 0.25) is 11.4 Å². The van der Waals surface area contributed by atoms with Gasteiger partial charge in [-0.15, -0.1) is 0 Å². The van der Waals surface area contributed by atoms with Gasteiger partial charge in [0.15, 0.2) is 6.61 Å². The topological polar surface area (TPSA) is 126 Å². The third kappa shape index (κ3) is 3.20. The first-order chi connectivity index (χ1) is 14.7. The summed E-state index contributed by atoms with van der Waals surface area (Å²) in [5, 5.41) is 4.56. The highest BCUT2D eigenvalue weighted by Crippen LogP contribution is 2.24. The summed E-state index contributed by atoms with van der Waals surface area (Å²) < 4.78 is 16.9. The number of aromatic nitrogens is 5. The van der Waals surface area contributed by atoms with Crippen molar-refractivity contribution in [3.63, 3.8) is 0 Å². The Hall–Kier alpha value is -4.34. The van der Waals surface area contributed by atoms with Gasteiger partial charge in [-0.3, -0.25) is 19.1 Å². The van der Waals surface area contributed by atoms with Gasteiger partial charge in [-0.2, -0.15) is 4.98 Å². The van der Waals surface area contributed by atoms with Crippen LogP contribution in [0.25, 0.3) is 33.5 Å². The molecule has 1 aromatic carbocycles. The van der Waals surface area contributed by atoms with E-state index >= 15 is 0 Å². The standard InChI is InChI=1S/C20H13N5O5/c26-16(28-10-15-23-19(24-30-15)12-4-3-7-21-8-12)9-25-11-22-17-13-5-1-2-6-14(13)29-18(17)20(25)27/h1-8,11H,9-10H2. The van der Waals surface area contributed by atoms with Gasteiger partial charge in [-0.25, -0.2) is 4.98 Å². The fraction of sp³-hybridized carbons (Fsp3) is 0.100. The third-order valence-electron chi connectivity index (χ3n) is 4.39. The summed E-state index contributed by atoms with van der Waals surface area (Å²) >= 11 is 0. The van der Waals surface area contributed by atoms with Gasteiger partial charge in [0.25, 0.3) is 11.4 Å². The van der Waals surface area contributed by atoms with E-state index in [-0.39, 0.29) is 24.6 Å². The molecule has 4 heterocycles. The molecule has 0 aliphatic carbocycles. The van der Waals surface area contributed by atoms with Crippen molar-refractivity contribution in [3.8, 4) is 11.4 Å². The Morgan fingerprint density at radius 1 is 1.17 bits per heavy atom. The van der Waals surface area contributed by atoms with Gasteiger partial charge in [-0.1, -0.05) is 17.3 Å². The van der Waals surface area contributed by atoms with Gasteiger partial charge in [0.1, 0.15) is 17.6 Å². The summed E-state index contributed by atoms with van der Waals surface area (Å²) in [6.45, 7) is -0.552. The van der Waals surface area contributed by atoms with E-state index in [1.807, 2.05) is 12.1 Å². The molecule has 0 spiro atoms. The van der Waals surface area contributed by atoms with Gasteiger partial charge >= 0.3 is 5.97 Å². The van der Waals surface area contributed by atoms with Crippen LogP contribution >= 0.6 is 0 Å². The Morgan fingerprint density at radius 3 is 2.93 bits per heavy atom. The van der Waals surface area contributed by atoms with Gasteiger partial charge < -0.3 is 13.7 Å². The summed E-state index contributed by atoms with van der Waals surface area (Å²) in [5.41, 5.74) is 1.30. The molecular formula is C20H13N5O5. The monoisotopic (exact) mass is 403 g/mol.